The fourth-order valence-electron chi connectivity index (χ4n) is 2.74. The molecule has 3 aromatic rings. The first-order chi connectivity index (χ1) is 12.7. The Morgan fingerprint density at radius 2 is 2.27 bits per heavy atom. The van der Waals surface area contributed by atoms with Crippen molar-refractivity contribution in [2.45, 2.75) is 6.42 Å². The molecule has 26 heavy (non-hydrogen) atoms. The number of halogens is 1. The fourth-order valence-corrected chi connectivity index (χ4v) is 3.01. The molecule has 132 valence electrons. The molecule has 1 aliphatic rings. The van der Waals surface area contributed by atoms with E-state index in [0.717, 1.165) is 16.9 Å². The number of hydrogen-bond donors (Lipinski definition) is 1. The highest BCUT2D eigenvalue weighted by molar-refractivity contribution is 6.32. The molecule has 7 heteroatoms. The summed E-state index contributed by atoms with van der Waals surface area (Å²) in [6.07, 6.45) is 7.73. The summed E-state index contributed by atoms with van der Waals surface area (Å²) in [5.74, 6) is 0.952. The monoisotopic (exact) mass is 369 g/mol. The van der Waals surface area contributed by atoms with Crippen molar-refractivity contribution in [3.05, 3.63) is 65.1 Å². The zero-order chi connectivity index (χ0) is 17.9. The Morgan fingerprint density at radius 1 is 1.35 bits per heavy atom. The van der Waals surface area contributed by atoms with Gasteiger partial charge in [0, 0.05) is 31.4 Å². The molecule has 6 nitrogen and oxygen atoms in total. The summed E-state index contributed by atoms with van der Waals surface area (Å²) in [4.78, 5) is 16.5. The first-order valence-corrected chi connectivity index (χ1v) is 8.54. The standard InChI is InChI=1S/C19H16ClN3O3/c20-15-9-13(10-16-19(15)26-12-25-16)4-5-18(24)21-7-6-14-11-23-8-2-1-3-17(23)22-14/h1-5,8-11H,6-7,12H2,(H,21,24)/b5-4+. The summed E-state index contributed by atoms with van der Waals surface area (Å²) < 4.78 is 12.5. The first-order valence-electron chi connectivity index (χ1n) is 8.17. The number of nitrogens with one attached hydrogen (secondary N) is 1. The average Bonchev–Trinajstić information content (AvgIpc) is 3.26. The van der Waals surface area contributed by atoms with E-state index in [2.05, 4.69) is 10.3 Å². The molecule has 0 fully saturated rings. The number of pyridine rings is 1. The van der Waals surface area contributed by atoms with Gasteiger partial charge in [-0.3, -0.25) is 4.79 Å². The van der Waals surface area contributed by atoms with Gasteiger partial charge in [-0.1, -0.05) is 17.7 Å². The van der Waals surface area contributed by atoms with Crippen LogP contribution < -0.4 is 14.8 Å². The van der Waals surface area contributed by atoms with Crippen LogP contribution in [0.4, 0.5) is 0 Å². The summed E-state index contributed by atoms with van der Waals surface area (Å²) in [6.45, 7) is 0.667. The Labute approximate surface area is 155 Å². The maximum Gasteiger partial charge on any atom is 0.244 e. The number of amides is 1. The number of carbonyl (C=O) groups excluding carboxylic acids is 1. The van der Waals surface area contributed by atoms with Crippen molar-refractivity contribution in [1.82, 2.24) is 14.7 Å². The second kappa shape index (κ2) is 7.09. The molecule has 1 amide bonds. The van der Waals surface area contributed by atoms with Crippen molar-refractivity contribution in [2.75, 3.05) is 13.3 Å². The Bertz CT molecular complexity index is 964. The van der Waals surface area contributed by atoms with E-state index in [1.807, 2.05) is 35.0 Å². The number of aromatic nitrogens is 2. The van der Waals surface area contributed by atoms with Gasteiger partial charge in [0.15, 0.2) is 11.5 Å². The highest BCUT2D eigenvalue weighted by Crippen LogP contribution is 2.40. The van der Waals surface area contributed by atoms with Gasteiger partial charge in [-0.2, -0.15) is 0 Å². The lowest BCUT2D eigenvalue weighted by Gasteiger charge is -2.02. The molecule has 1 aromatic carbocycles. The normalized spacial score (nSPS) is 12.8. The molecule has 4 rings (SSSR count). The zero-order valence-electron chi connectivity index (χ0n) is 13.8. The number of benzene rings is 1. The van der Waals surface area contributed by atoms with Gasteiger partial charge in [-0.25, -0.2) is 4.98 Å². The maximum atomic E-state index is 12.0. The quantitative estimate of drug-likeness (QED) is 0.702. The summed E-state index contributed by atoms with van der Waals surface area (Å²) in [6, 6.07) is 9.36. The van der Waals surface area contributed by atoms with Crippen LogP contribution in [0.25, 0.3) is 11.7 Å². The summed E-state index contributed by atoms with van der Waals surface area (Å²) in [5, 5.41) is 3.31. The van der Waals surface area contributed by atoms with Gasteiger partial charge in [-0.05, 0) is 35.9 Å². The molecule has 0 bridgehead atoms. The third-order valence-electron chi connectivity index (χ3n) is 3.97. The SMILES string of the molecule is O=C(/C=C/c1cc(Cl)c2c(c1)OCO2)NCCc1cn2ccccc2n1. The smallest absolute Gasteiger partial charge is 0.244 e. The zero-order valence-corrected chi connectivity index (χ0v) is 14.6. The van der Waals surface area contributed by atoms with Crippen LogP contribution in [0.5, 0.6) is 11.5 Å². The van der Waals surface area contributed by atoms with Gasteiger partial charge in [0.2, 0.25) is 12.7 Å². The van der Waals surface area contributed by atoms with Crippen molar-refractivity contribution in [2.24, 2.45) is 0 Å². The number of carbonyl (C=O) groups is 1. The molecule has 3 heterocycles. The highest BCUT2D eigenvalue weighted by atomic mass is 35.5. The van der Waals surface area contributed by atoms with Crippen LogP contribution in [0.15, 0.2) is 48.8 Å². The summed E-state index contributed by atoms with van der Waals surface area (Å²) in [7, 11) is 0. The van der Waals surface area contributed by atoms with Gasteiger partial charge in [0.05, 0.1) is 10.7 Å². The Kier molecular flexibility index (Phi) is 4.50. The number of rotatable bonds is 5. The molecule has 0 radical (unpaired) electrons. The van der Waals surface area contributed by atoms with E-state index in [-0.39, 0.29) is 12.7 Å². The minimum atomic E-state index is -0.178. The Balaban J connectivity index is 1.32. The minimum absolute atomic E-state index is 0.158. The Hall–Kier alpha value is -2.99. The second-order valence-corrected chi connectivity index (χ2v) is 6.22. The average molecular weight is 370 g/mol. The third-order valence-corrected chi connectivity index (χ3v) is 4.25. The maximum absolute atomic E-state index is 12.0. The van der Waals surface area contributed by atoms with Crippen molar-refractivity contribution < 1.29 is 14.3 Å². The molecule has 0 unspecified atom stereocenters. The molecule has 0 spiro atoms. The number of ether oxygens (including phenoxy) is 2. The lowest BCUT2D eigenvalue weighted by molar-refractivity contribution is -0.116. The van der Waals surface area contributed by atoms with Gasteiger partial charge in [0.25, 0.3) is 0 Å². The van der Waals surface area contributed by atoms with E-state index in [9.17, 15) is 4.79 Å². The van der Waals surface area contributed by atoms with Gasteiger partial charge >= 0.3 is 0 Å². The minimum Gasteiger partial charge on any atom is -0.454 e. The number of imidazole rings is 1. The van der Waals surface area contributed by atoms with E-state index < -0.39 is 0 Å². The first kappa shape index (κ1) is 16.5. The molecule has 0 atom stereocenters. The molecule has 0 saturated carbocycles. The van der Waals surface area contributed by atoms with E-state index in [1.165, 1.54) is 6.08 Å². The summed E-state index contributed by atoms with van der Waals surface area (Å²) in [5.41, 5.74) is 2.60. The topological polar surface area (TPSA) is 64.9 Å². The van der Waals surface area contributed by atoms with E-state index in [0.29, 0.717) is 29.5 Å². The Morgan fingerprint density at radius 3 is 3.15 bits per heavy atom. The van der Waals surface area contributed by atoms with Crippen molar-refractivity contribution >= 4 is 29.2 Å². The lowest BCUT2D eigenvalue weighted by Crippen LogP contribution is -2.23. The largest absolute Gasteiger partial charge is 0.454 e. The van der Waals surface area contributed by atoms with Crippen molar-refractivity contribution in [3.8, 4) is 11.5 Å². The van der Waals surface area contributed by atoms with E-state index >= 15 is 0 Å². The molecular formula is C19H16ClN3O3. The van der Waals surface area contributed by atoms with Crippen LogP contribution in [0, 0.1) is 0 Å². The number of fused-ring (bicyclic) bond motifs is 2. The highest BCUT2D eigenvalue weighted by Gasteiger charge is 2.17. The predicted octanol–water partition coefficient (Wildman–Crippen LogP) is 3.09. The van der Waals surface area contributed by atoms with Crippen LogP contribution in [0.2, 0.25) is 5.02 Å². The van der Waals surface area contributed by atoms with E-state index in [1.54, 1.807) is 18.2 Å². The molecule has 0 aliphatic carbocycles. The van der Waals surface area contributed by atoms with Crippen LogP contribution >= 0.6 is 11.6 Å². The van der Waals surface area contributed by atoms with Crippen molar-refractivity contribution in [1.29, 1.82) is 0 Å². The molecule has 2 aromatic heterocycles. The number of hydrogen-bond acceptors (Lipinski definition) is 4. The van der Waals surface area contributed by atoms with Gasteiger partial charge in [0.1, 0.15) is 5.65 Å². The predicted molar refractivity (Wildman–Crippen MR) is 98.5 cm³/mol. The second-order valence-electron chi connectivity index (χ2n) is 5.81. The number of nitrogens with zero attached hydrogens (tertiary/aromatic N) is 2. The fraction of sp³-hybridized carbons (Fsp3) is 0.158. The van der Waals surface area contributed by atoms with Crippen LogP contribution in [0.1, 0.15) is 11.3 Å². The van der Waals surface area contributed by atoms with Crippen LogP contribution in [-0.4, -0.2) is 28.6 Å². The van der Waals surface area contributed by atoms with Crippen molar-refractivity contribution in [3.63, 3.8) is 0 Å². The summed E-state index contributed by atoms with van der Waals surface area (Å²) >= 11 is 6.13. The van der Waals surface area contributed by atoms with Gasteiger partial charge in [-0.15, -0.1) is 0 Å². The van der Waals surface area contributed by atoms with Crippen LogP contribution in [-0.2, 0) is 11.2 Å². The molecule has 1 aliphatic heterocycles. The third kappa shape index (κ3) is 3.50. The van der Waals surface area contributed by atoms with E-state index in [4.69, 9.17) is 21.1 Å². The molecule has 0 saturated heterocycles. The lowest BCUT2D eigenvalue weighted by atomic mass is 10.2. The molecule has 1 N–H and O–H groups in total. The molecular weight excluding hydrogens is 354 g/mol. The van der Waals surface area contributed by atoms with Gasteiger partial charge < -0.3 is 19.2 Å². The van der Waals surface area contributed by atoms with Crippen LogP contribution in [0.3, 0.4) is 0 Å².